The van der Waals surface area contributed by atoms with E-state index in [1.54, 1.807) is 6.08 Å². The van der Waals surface area contributed by atoms with Crippen LogP contribution in [0.25, 0.3) is 5.73 Å². The van der Waals surface area contributed by atoms with Gasteiger partial charge in [0.2, 0.25) is 0 Å². The summed E-state index contributed by atoms with van der Waals surface area (Å²) in [7, 11) is 0. The Hall–Kier alpha value is 0.570. The van der Waals surface area contributed by atoms with Crippen LogP contribution in [0.1, 0.15) is 0 Å². The van der Waals surface area contributed by atoms with Gasteiger partial charge >= 0.3 is 0 Å². The Bertz CT molecular complexity index is 20.9. The Morgan fingerprint density at radius 1 is 1.80 bits per heavy atom. The van der Waals surface area contributed by atoms with Crippen molar-refractivity contribution in [3.63, 3.8) is 0 Å². The molecule has 0 aromatic carbocycles. The summed E-state index contributed by atoms with van der Waals surface area (Å²) in [5.74, 6) is 0. The number of nitrogens with one attached hydrogen (secondary N) is 1. The Morgan fingerprint density at radius 3 is 2.00 bits per heavy atom. The monoisotopic (exact) mass is 236 g/mol. The molecule has 0 aromatic heterocycles. The van der Waals surface area contributed by atoms with Gasteiger partial charge in [-0.15, -0.1) is 19.2 Å². The normalized spacial score (nSPS) is 5.00. The molecule has 5 heavy (non-hydrogen) atoms. The third-order valence-corrected chi connectivity index (χ3v) is 0.144. The van der Waals surface area contributed by atoms with E-state index in [-0.39, 0.29) is 25.8 Å². The first-order valence-corrected chi connectivity index (χ1v) is 1.17. The predicted octanol–water partition coefficient (Wildman–Crippen LogP) is 1.22. The zero-order valence-electron chi connectivity index (χ0n) is 2.99. The molecule has 0 unspecified atom stereocenters. The van der Waals surface area contributed by atoms with Gasteiger partial charge in [-0.1, -0.05) is 0 Å². The zero-order chi connectivity index (χ0) is 3.41. The van der Waals surface area contributed by atoms with E-state index in [9.17, 15) is 0 Å². The fourth-order valence-electron chi connectivity index (χ4n) is 0. The predicted molar refractivity (Wildman–Crippen MR) is 19.4 cm³/mol. The third kappa shape index (κ3) is 12.2. The molecule has 0 aliphatic rings. The first kappa shape index (κ1) is 9.13. The van der Waals surface area contributed by atoms with Gasteiger partial charge in [-0.25, -0.2) is 0 Å². The molecule has 0 atom stereocenters. The largest absolute Gasteiger partial charge is 0.674 e. The molecule has 1 nitrogen and oxygen atoms in total. The summed E-state index contributed by atoms with van der Waals surface area (Å²) in [6.07, 6.45) is 1.54. The molecule has 1 N–H and O–H groups in total. The van der Waals surface area contributed by atoms with E-state index in [1.165, 1.54) is 0 Å². The molecular weight excluding hydrogens is 229 g/mol. The van der Waals surface area contributed by atoms with E-state index >= 15 is 0 Å². The number of rotatable bonds is 1. The second kappa shape index (κ2) is 8.82. The van der Waals surface area contributed by atoms with Gasteiger partial charge in [-0.05, 0) is 0 Å². The van der Waals surface area contributed by atoms with Gasteiger partial charge in [0.05, 0.1) is 0 Å². The zero-order valence-corrected chi connectivity index (χ0v) is 6.58. The molecule has 0 aliphatic heterocycles. The van der Waals surface area contributed by atoms with E-state index in [2.05, 4.69) is 6.58 Å². The van der Waals surface area contributed by atoms with Crippen LogP contribution in [0.4, 0.5) is 0 Å². The van der Waals surface area contributed by atoms with Crippen LogP contribution < -0.4 is 0 Å². The van der Waals surface area contributed by atoms with Crippen molar-refractivity contribution in [3.8, 4) is 0 Å². The summed E-state index contributed by atoms with van der Waals surface area (Å²) >= 11 is 0. The van der Waals surface area contributed by atoms with E-state index in [0.717, 1.165) is 0 Å². The maximum absolute atomic E-state index is 6.33. The van der Waals surface area contributed by atoms with Crippen molar-refractivity contribution in [3.05, 3.63) is 18.4 Å². The minimum Gasteiger partial charge on any atom is -0.674 e. The molecule has 0 rings (SSSR count). The van der Waals surface area contributed by atoms with Crippen LogP contribution in [-0.4, -0.2) is 6.54 Å². The van der Waals surface area contributed by atoms with Gasteiger partial charge in [-0.2, -0.15) is 0 Å². The molecule has 28 valence electrons. The van der Waals surface area contributed by atoms with Crippen molar-refractivity contribution in [2.24, 2.45) is 0 Å². The van der Waals surface area contributed by atoms with Crippen molar-refractivity contribution < 1.29 is 25.8 Å². The Balaban J connectivity index is 0. The van der Waals surface area contributed by atoms with Crippen LogP contribution in [0.3, 0.4) is 0 Å². The minimum atomic E-state index is 0. The second-order valence-corrected chi connectivity index (χ2v) is 0.493. The Morgan fingerprint density at radius 2 is 2.00 bits per heavy atom. The van der Waals surface area contributed by atoms with Gasteiger partial charge < -0.3 is 5.73 Å². The van der Waals surface area contributed by atoms with Crippen LogP contribution >= 0.6 is 0 Å². The Kier molecular flexibility index (Phi) is 16.1. The van der Waals surface area contributed by atoms with Crippen molar-refractivity contribution >= 4 is 0 Å². The van der Waals surface area contributed by atoms with Crippen LogP contribution in [0.2, 0.25) is 0 Å². The Labute approximate surface area is 51.0 Å². The molecule has 0 saturated carbocycles. The van der Waals surface area contributed by atoms with E-state index in [0.29, 0.717) is 6.54 Å². The standard InChI is InChI=1S/C3H6N.Hf/c1-2-3-4;/h2,4H,1,3H2;/q-1;. The summed E-state index contributed by atoms with van der Waals surface area (Å²) in [6.45, 7) is 3.62. The second-order valence-electron chi connectivity index (χ2n) is 0.493. The number of hydrogen-bond donors (Lipinski definition) is 0. The molecule has 0 aromatic rings. The van der Waals surface area contributed by atoms with Gasteiger partial charge in [0.15, 0.2) is 0 Å². The molecule has 0 saturated heterocycles. The molecule has 0 spiro atoms. The average molecular weight is 235 g/mol. The number of hydrogen-bond acceptors (Lipinski definition) is 0. The van der Waals surface area contributed by atoms with Crippen molar-refractivity contribution in [2.75, 3.05) is 6.54 Å². The van der Waals surface area contributed by atoms with Crippen LogP contribution in [0.5, 0.6) is 0 Å². The maximum atomic E-state index is 6.33. The molecule has 0 amide bonds. The quantitative estimate of drug-likeness (QED) is 0.481. The maximum Gasteiger partial charge on any atom is 0 e. The van der Waals surface area contributed by atoms with Gasteiger partial charge in [0.1, 0.15) is 0 Å². The molecule has 0 fully saturated rings. The van der Waals surface area contributed by atoms with Crippen molar-refractivity contribution in [2.45, 2.75) is 0 Å². The third-order valence-electron chi connectivity index (χ3n) is 0.144. The van der Waals surface area contributed by atoms with Crippen LogP contribution in [-0.2, 0) is 25.8 Å². The first-order chi connectivity index (χ1) is 1.91. The topological polar surface area (TPSA) is 23.8 Å². The van der Waals surface area contributed by atoms with Gasteiger partial charge in [-0.3, -0.25) is 0 Å². The summed E-state index contributed by atoms with van der Waals surface area (Å²) in [5, 5.41) is 0. The van der Waals surface area contributed by atoms with E-state index < -0.39 is 0 Å². The summed E-state index contributed by atoms with van der Waals surface area (Å²) in [5.41, 5.74) is 6.33. The smallest absolute Gasteiger partial charge is 0 e. The fourth-order valence-corrected chi connectivity index (χ4v) is 0. The van der Waals surface area contributed by atoms with E-state index in [1.807, 2.05) is 0 Å². The summed E-state index contributed by atoms with van der Waals surface area (Å²) < 4.78 is 0. The fraction of sp³-hybridized carbons (Fsp3) is 0.333. The molecule has 0 bridgehead atoms. The summed E-state index contributed by atoms with van der Waals surface area (Å²) in [6, 6.07) is 0. The van der Waals surface area contributed by atoms with Crippen LogP contribution in [0, 0.1) is 0 Å². The molecule has 0 aliphatic carbocycles. The van der Waals surface area contributed by atoms with E-state index in [4.69, 9.17) is 5.73 Å². The SMILES string of the molecule is C=CC[NH-].[Hf]. The van der Waals surface area contributed by atoms with Crippen LogP contribution in [0.15, 0.2) is 12.7 Å². The first-order valence-electron chi connectivity index (χ1n) is 1.17. The van der Waals surface area contributed by atoms with Gasteiger partial charge in [0.25, 0.3) is 0 Å². The molecule has 0 radical (unpaired) electrons. The molecular formula is C3H6HfN-. The summed E-state index contributed by atoms with van der Waals surface area (Å²) in [4.78, 5) is 0. The van der Waals surface area contributed by atoms with Gasteiger partial charge in [0, 0.05) is 25.8 Å². The van der Waals surface area contributed by atoms with Crippen molar-refractivity contribution in [1.29, 1.82) is 0 Å². The minimum absolute atomic E-state index is 0. The molecule has 0 heterocycles. The van der Waals surface area contributed by atoms with Crippen molar-refractivity contribution in [1.82, 2.24) is 0 Å². The average Bonchev–Trinajstić information content (AvgIpc) is 1.37. The molecule has 2 heteroatoms.